The Bertz CT molecular complexity index is 3430. The lowest BCUT2D eigenvalue weighted by Gasteiger charge is -2.44. The van der Waals surface area contributed by atoms with Gasteiger partial charge in [-0.25, -0.2) is 0 Å². The lowest BCUT2D eigenvalue weighted by molar-refractivity contribution is 0.332. The van der Waals surface area contributed by atoms with Gasteiger partial charge in [0, 0.05) is 50.9 Å². The molecule has 0 radical (unpaired) electrons. The smallest absolute Gasteiger partial charge is 0.297 e. The van der Waals surface area contributed by atoms with Gasteiger partial charge in [0.1, 0.15) is 5.58 Å². The second-order valence-corrected chi connectivity index (χ2v) is 27.6. The van der Waals surface area contributed by atoms with Gasteiger partial charge in [0.2, 0.25) is 0 Å². The Morgan fingerprint density at radius 2 is 0.932 bits per heavy atom. The van der Waals surface area contributed by atoms with E-state index < -0.39 is 0 Å². The number of hydrogen-bond acceptors (Lipinski definition) is 4. The van der Waals surface area contributed by atoms with Crippen LogP contribution in [0.15, 0.2) is 144 Å². The van der Waals surface area contributed by atoms with Crippen LogP contribution in [0, 0.1) is 6.92 Å². The van der Waals surface area contributed by atoms with E-state index in [0.29, 0.717) is 0 Å². The number of hydrogen-bond donors (Lipinski definition) is 0. The first-order valence-corrected chi connectivity index (χ1v) is 27.3. The average molecular weight is 976 g/mol. The molecule has 0 N–H and O–H groups in total. The molecule has 0 bridgehead atoms. The van der Waals surface area contributed by atoms with Crippen LogP contribution in [0.4, 0.5) is 51.2 Å². The Morgan fingerprint density at radius 1 is 0.459 bits per heavy atom. The number of benzene rings is 7. The quantitative estimate of drug-likeness (QED) is 0.160. The highest BCUT2D eigenvalue weighted by molar-refractivity contribution is 7.00. The van der Waals surface area contributed by atoms with Crippen molar-refractivity contribution in [3.8, 4) is 0 Å². The van der Waals surface area contributed by atoms with Crippen molar-refractivity contribution in [2.24, 2.45) is 0 Å². The van der Waals surface area contributed by atoms with E-state index in [1.165, 1.54) is 73.4 Å². The number of anilines is 9. The minimum atomic E-state index is -0.176. The topological polar surface area (TPSA) is 22.9 Å². The lowest BCUT2D eigenvalue weighted by Crippen LogP contribution is -2.61. The Morgan fingerprint density at radius 3 is 1.47 bits per heavy atom. The second-order valence-electron chi connectivity index (χ2n) is 27.6. The van der Waals surface area contributed by atoms with Crippen molar-refractivity contribution in [1.82, 2.24) is 0 Å². The highest BCUT2D eigenvalue weighted by Crippen LogP contribution is 2.52. The first-order chi connectivity index (χ1) is 34.6. The van der Waals surface area contributed by atoms with Gasteiger partial charge in [-0.15, -0.1) is 0 Å². The molecule has 0 fully saturated rings. The van der Waals surface area contributed by atoms with Crippen LogP contribution >= 0.6 is 0 Å². The fourth-order valence-corrected chi connectivity index (χ4v) is 12.2. The average Bonchev–Trinajstić information content (AvgIpc) is 3.76. The molecule has 3 aliphatic rings. The Hall–Kier alpha value is -6.46. The highest BCUT2D eigenvalue weighted by atomic mass is 16.3. The summed E-state index contributed by atoms with van der Waals surface area (Å²) in [5.41, 5.74) is 24.2. The second kappa shape index (κ2) is 16.8. The maximum absolute atomic E-state index is 7.45. The van der Waals surface area contributed by atoms with Crippen molar-refractivity contribution in [2.45, 2.75) is 163 Å². The van der Waals surface area contributed by atoms with Crippen molar-refractivity contribution < 1.29 is 4.42 Å². The first kappa shape index (κ1) is 49.7. The molecule has 0 saturated heterocycles. The van der Waals surface area contributed by atoms with Crippen LogP contribution in [0.2, 0.25) is 0 Å². The SMILES string of the molecule is Cc1cc2c3c(c1)N(c1ccc4c(c1)C(C)(C)CCC4(C)C)c1c(oc4ccc(C(C)(C)C)cc14)B3c1ccc(N(c3ccc(C(C)(C)C)cc3)c3ccc(C(C)(C)C)cc3)cc1N2c1ccc(C(C)(C)C)cc1. The molecule has 11 rings (SSSR count). The molecule has 0 amide bonds. The summed E-state index contributed by atoms with van der Waals surface area (Å²) < 4.78 is 7.45. The van der Waals surface area contributed by atoms with Crippen LogP contribution in [0.25, 0.3) is 11.0 Å². The largest absolute Gasteiger partial charge is 0.468 e. The Kier molecular flexibility index (Phi) is 11.3. The molecular weight excluding hydrogens is 898 g/mol. The van der Waals surface area contributed by atoms with Crippen molar-refractivity contribution in [2.75, 3.05) is 14.7 Å². The van der Waals surface area contributed by atoms with Gasteiger partial charge in [0.25, 0.3) is 6.71 Å². The summed E-state index contributed by atoms with van der Waals surface area (Å²) >= 11 is 0. The van der Waals surface area contributed by atoms with Crippen LogP contribution < -0.4 is 31.3 Å². The number of furan rings is 1. The molecule has 0 atom stereocenters. The van der Waals surface area contributed by atoms with E-state index in [2.05, 4.69) is 272 Å². The van der Waals surface area contributed by atoms with Crippen LogP contribution in [0.5, 0.6) is 0 Å². The molecule has 378 valence electrons. The Balaban J connectivity index is 1.20. The lowest BCUT2D eigenvalue weighted by atomic mass is 9.35. The summed E-state index contributed by atoms with van der Waals surface area (Å²) in [6.07, 6.45) is 2.32. The van der Waals surface area contributed by atoms with Crippen molar-refractivity contribution in [3.05, 3.63) is 178 Å². The normalized spacial score (nSPS) is 15.9. The number of fused-ring (bicyclic) bond motifs is 7. The zero-order valence-electron chi connectivity index (χ0n) is 47.5. The van der Waals surface area contributed by atoms with Crippen molar-refractivity contribution in [1.29, 1.82) is 0 Å². The summed E-state index contributed by atoms with van der Waals surface area (Å²) in [5, 5.41) is 1.15. The first-order valence-electron chi connectivity index (χ1n) is 27.3. The maximum Gasteiger partial charge on any atom is 0.297 e. The van der Waals surface area contributed by atoms with Gasteiger partial charge in [-0.3, -0.25) is 0 Å². The van der Waals surface area contributed by atoms with Crippen LogP contribution in [0.3, 0.4) is 0 Å². The van der Waals surface area contributed by atoms with Gasteiger partial charge in [0.05, 0.1) is 11.3 Å². The van der Waals surface area contributed by atoms with Gasteiger partial charge in [0.15, 0.2) is 0 Å². The minimum Gasteiger partial charge on any atom is -0.468 e. The summed E-state index contributed by atoms with van der Waals surface area (Å²) in [5.74, 6) is 0. The molecule has 2 aliphatic heterocycles. The third-order valence-corrected chi connectivity index (χ3v) is 17.0. The third-order valence-electron chi connectivity index (χ3n) is 17.0. The molecule has 3 heterocycles. The highest BCUT2D eigenvalue weighted by Gasteiger charge is 2.48. The van der Waals surface area contributed by atoms with Crippen LogP contribution in [0.1, 0.15) is 163 Å². The summed E-state index contributed by atoms with van der Waals surface area (Å²) in [6, 6.07) is 54.2. The number of rotatable bonds is 5. The molecule has 5 heteroatoms. The van der Waals surface area contributed by atoms with Gasteiger partial charge in [-0.05, 0) is 187 Å². The molecule has 74 heavy (non-hydrogen) atoms. The number of nitrogens with zero attached hydrogens (tertiary/aromatic N) is 3. The Labute approximate surface area is 443 Å². The van der Waals surface area contributed by atoms with E-state index in [9.17, 15) is 0 Å². The molecule has 0 saturated carbocycles. The monoisotopic (exact) mass is 976 g/mol. The molecule has 4 nitrogen and oxygen atoms in total. The summed E-state index contributed by atoms with van der Waals surface area (Å²) in [7, 11) is 0. The van der Waals surface area contributed by atoms with E-state index in [0.717, 1.165) is 57.2 Å². The van der Waals surface area contributed by atoms with E-state index in [4.69, 9.17) is 4.42 Å². The molecular formula is C69H78BN3O. The predicted octanol–water partition coefficient (Wildman–Crippen LogP) is 17.8. The van der Waals surface area contributed by atoms with Gasteiger partial charge < -0.3 is 19.1 Å². The molecule has 1 aliphatic carbocycles. The maximum atomic E-state index is 7.45. The zero-order chi connectivity index (χ0) is 52.8. The predicted molar refractivity (Wildman–Crippen MR) is 320 cm³/mol. The van der Waals surface area contributed by atoms with Crippen molar-refractivity contribution >= 4 is 85.5 Å². The van der Waals surface area contributed by atoms with E-state index in [1.54, 1.807) is 0 Å². The standard InChI is InChI=1S/C69H78BN3O/c1-43-38-58-61-59(39-43)73(51-31-33-54-55(41-51)69(16,17)37-36-68(54,14)15)62-53-40-47(67(11,12)13)24-35-60(53)74-63(62)70(61)56-34-32-52(42-57(56)72(58)50-29-22-46(23-30-50)66(8,9)10)71(48-25-18-44(19-26-48)64(2,3)4)49-27-20-45(21-28-49)65(5,6)7/h18-35,38-42H,36-37H2,1-17H3. The fraction of sp³-hybridized carbons (Fsp3) is 0.362. The van der Waals surface area contributed by atoms with Crippen LogP contribution in [-0.2, 0) is 32.5 Å². The summed E-state index contributed by atoms with van der Waals surface area (Å²) in [6.45, 7) is 39.4. The zero-order valence-corrected chi connectivity index (χ0v) is 47.5. The fourth-order valence-electron chi connectivity index (χ4n) is 12.2. The van der Waals surface area contributed by atoms with Gasteiger partial charge in [-0.1, -0.05) is 165 Å². The van der Waals surface area contributed by atoms with Gasteiger partial charge in [-0.2, -0.15) is 0 Å². The van der Waals surface area contributed by atoms with E-state index in [1.807, 2.05) is 0 Å². The van der Waals surface area contributed by atoms with Crippen molar-refractivity contribution in [3.63, 3.8) is 0 Å². The molecule has 1 aromatic heterocycles. The molecule has 8 aromatic rings. The molecule has 0 unspecified atom stereocenters. The van der Waals surface area contributed by atoms with E-state index >= 15 is 0 Å². The molecule has 0 spiro atoms. The van der Waals surface area contributed by atoms with Gasteiger partial charge >= 0.3 is 0 Å². The third kappa shape index (κ3) is 8.29. The van der Waals surface area contributed by atoms with E-state index in [-0.39, 0.29) is 39.2 Å². The van der Waals surface area contributed by atoms with Crippen LogP contribution in [-0.4, -0.2) is 6.71 Å². The summed E-state index contributed by atoms with van der Waals surface area (Å²) in [4.78, 5) is 7.58. The number of aryl methyl sites for hydroxylation is 1. The molecule has 7 aromatic carbocycles. The minimum absolute atomic E-state index is 0.00832.